The van der Waals surface area contributed by atoms with E-state index < -0.39 is 5.97 Å². The topological polar surface area (TPSA) is 55.8 Å². The normalized spacial score (nSPS) is 15.3. The van der Waals surface area contributed by atoms with Crippen LogP contribution >= 0.6 is 11.3 Å². The summed E-state index contributed by atoms with van der Waals surface area (Å²) in [7, 11) is 0. The van der Waals surface area contributed by atoms with Gasteiger partial charge < -0.3 is 14.6 Å². The summed E-state index contributed by atoms with van der Waals surface area (Å²) in [4.78, 5) is 12.1. The Labute approximate surface area is 126 Å². The van der Waals surface area contributed by atoms with Crippen LogP contribution in [0.25, 0.3) is 0 Å². The molecule has 2 aromatic rings. The predicted octanol–water partition coefficient (Wildman–Crippen LogP) is 3.74. The summed E-state index contributed by atoms with van der Waals surface area (Å²) in [6.07, 6.45) is 0.863. The number of carboxylic acid groups (broad SMARTS) is 1. The number of ether oxygens (including phenoxy) is 2. The van der Waals surface area contributed by atoms with Crippen molar-refractivity contribution in [3.05, 3.63) is 45.6 Å². The number of thiophene rings is 1. The first-order valence-electron chi connectivity index (χ1n) is 6.70. The molecule has 1 aromatic carbocycles. The molecular weight excluding hydrogens is 288 g/mol. The van der Waals surface area contributed by atoms with Crippen molar-refractivity contribution < 1.29 is 19.4 Å². The lowest BCUT2D eigenvalue weighted by molar-refractivity contribution is 0.0702. The van der Waals surface area contributed by atoms with Gasteiger partial charge in [0, 0.05) is 16.9 Å². The predicted molar refractivity (Wildman–Crippen MR) is 80.5 cm³/mol. The van der Waals surface area contributed by atoms with Crippen molar-refractivity contribution in [1.82, 2.24) is 0 Å². The highest BCUT2D eigenvalue weighted by Gasteiger charge is 2.32. The lowest BCUT2D eigenvalue weighted by Gasteiger charge is -2.18. The number of aromatic carboxylic acids is 1. The number of rotatable bonds is 4. The summed E-state index contributed by atoms with van der Waals surface area (Å²) in [6.45, 7) is 4.45. The van der Waals surface area contributed by atoms with E-state index in [1.54, 1.807) is 12.1 Å². The molecule has 0 saturated carbocycles. The SMILES string of the molecule is CC1(C)Cc2cccc(OCc3ccc(C(=O)O)s3)c2O1. The Balaban J connectivity index is 1.75. The summed E-state index contributed by atoms with van der Waals surface area (Å²) >= 11 is 1.23. The van der Waals surface area contributed by atoms with Gasteiger partial charge in [-0.2, -0.15) is 0 Å². The van der Waals surface area contributed by atoms with E-state index in [0.29, 0.717) is 17.2 Å². The minimum absolute atomic E-state index is 0.207. The van der Waals surface area contributed by atoms with Crippen molar-refractivity contribution in [2.75, 3.05) is 0 Å². The van der Waals surface area contributed by atoms with E-state index in [9.17, 15) is 4.79 Å². The van der Waals surface area contributed by atoms with Crippen LogP contribution in [0.3, 0.4) is 0 Å². The van der Waals surface area contributed by atoms with Crippen LogP contribution in [0.4, 0.5) is 0 Å². The molecule has 0 fully saturated rings. The number of hydrogen-bond acceptors (Lipinski definition) is 4. The number of benzene rings is 1. The van der Waals surface area contributed by atoms with Crippen LogP contribution in [0.1, 0.15) is 34.0 Å². The number of carboxylic acids is 1. The molecule has 0 radical (unpaired) electrons. The summed E-state index contributed by atoms with van der Waals surface area (Å²) in [5, 5.41) is 8.92. The molecule has 1 N–H and O–H groups in total. The van der Waals surface area contributed by atoms with Gasteiger partial charge in [0.05, 0.1) is 0 Å². The zero-order chi connectivity index (χ0) is 15.0. The standard InChI is InChI=1S/C16H16O4S/c1-16(2)8-10-4-3-5-12(14(10)20-16)19-9-11-6-7-13(21-11)15(17)18/h3-7H,8-9H2,1-2H3,(H,17,18). The zero-order valence-corrected chi connectivity index (χ0v) is 12.7. The van der Waals surface area contributed by atoms with E-state index in [-0.39, 0.29) is 5.60 Å². The first kappa shape index (κ1) is 13.9. The van der Waals surface area contributed by atoms with Gasteiger partial charge in [-0.3, -0.25) is 0 Å². The fraction of sp³-hybridized carbons (Fsp3) is 0.312. The molecule has 1 aliphatic heterocycles. The van der Waals surface area contributed by atoms with Gasteiger partial charge in [0.1, 0.15) is 17.1 Å². The first-order chi connectivity index (χ1) is 9.94. The minimum Gasteiger partial charge on any atom is -0.484 e. The molecular formula is C16H16O4S. The Morgan fingerprint density at radius 1 is 1.38 bits per heavy atom. The zero-order valence-electron chi connectivity index (χ0n) is 11.9. The summed E-state index contributed by atoms with van der Waals surface area (Å²) in [5.74, 6) is 0.609. The molecule has 0 spiro atoms. The van der Waals surface area contributed by atoms with E-state index in [4.69, 9.17) is 14.6 Å². The Morgan fingerprint density at radius 2 is 2.19 bits per heavy atom. The fourth-order valence-corrected chi connectivity index (χ4v) is 3.18. The van der Waals surface area contributed by atoms with Gasteiger partial charge >= 0.3 is 5.97 Å². The number of fused-ring (bicyclic) bond motifs is 1. The highest BCUT2D eigenvalue weighted by Crippen LogP contribution is 2.42. The molecule has 3 rings (SSSR count). The van der Waals surface area contributed by atoms with Gasteiger partial charge in [-0.25, -0.2) is 4.79 Å². The van der Waals surface area contributed by atoms with Crippen LogP contribution in [0, 0.1) is 0 Å². The second kappa shape index (κ2) is 5.07. The maximum absolute atomic E-state index is 10.9. The van der Waals surface area contributed by atoms with Crippen molar-refractivity contribution >= 4 is 17.3 Å². The molecule has 4 nitrogen and oxygen atoms in total. The molecule has 0 amide bonds. The summed E-state index contributed by atoms with van der Waals surface area (Å²) in [6, 6.07) is 9.26. The molecule has 0 aliphatic carbocycles. The molecule has 0 saturated heterocycles. The van der Waals surface area contributed by atoms with E-state index in [1.807, 2.05) is 18.2 Å². The largest absolute Gasteiger partial charge is 0.484 e. The monoisotopic (exact) mass is 304 g/mol. The molecule has 1 aromatic heterocycles. The van der Waals surface area contributed by atoms with E-state index in [1.165, 1.54) is 11.3 Å². The third kappa shape index (κ3) is 2.88. The van der Waals surface area contributed by atoms with Crippen molar-refractivity contribution in [2.45, 2.75) is 32.5 Å². The van der Waals surface area contributed by atoms with Crippen LogP contribution in [-0.2, 0) is 13.0 Å². The molecule has 110 valence electrons. The lowest BCUT2D eigenvalue weighted by atomic mass is 10.0. The maximum atomic E-state index is 10.9. The van der Waals surface area contributed by atoms with Crippen LogP contribution in [0.5, 0.6) is 11.5 Å². The third-order valence-corrected chi connectivity index (χ3v) is 4.34. The molecule has 0 bridgehead atoms. The Bertz CT molecular complexity index is 687. The second-order valence-electron chi connectivity index (χ2n) is 5.64. The van der Waals surface area contributed by atoms with Crippen LogP contribution in [0.2, 0.25) is 0 Å². The minimum atomic E-state index is -0.906. The molecule has 1 aliphatic rings. The highest BCUT2D eigenvalue weighted by molar-refractivity contribution is 7.13. The highest BCUT2D eigenvalue weighted by atomic mass is 32.1. The second-order valence-corrected chi connectivity index (χ2v) is 6.81. The molecule has 0 unspecified atom stereocenters. The Morgan fingerprint density at radius 3 is 2.90 bits per heavy atom. The van der Waals surface area contributed by atoms with Gasteiger partial charge in [-0.15, -0.1) is 11.3 Å². The number of para-hydroxylation sites is 1. The first-order valence-corrected chi connectivity index (χ1v) is 7.52. The van der Waals surface area contributed by atoms with E-state index in [2.05, 4.69) is 13.8 Å². The summed E-state index contributed by atoms with van der Waals surface area (Å²) in [5.41, 5.74) is 0.941. The van der Waals surface area contributed by atoms with Crippen molar-refractivity contribution in [3.63, 3.8) is 0 Å². The average molecular weight is 304 g/mol. The van der Waals surface area contributed by atoms with E-state index in [0.717, 1.165) is 22.6 Å². The van der Waals surface area contributed by atoms with Gasteiger partial charge in [-0.05, 0) is 32.0 Å². The van der Waals surface area contributed by atoms with Gasteiger partial charge in [0.15, 0.2) is 11.5 Å². The molecule has 5 heteroatoms. The number of hydrogen-bond donors (Lipinski definition) is 1. The fourth-order valence-electron chi connectivity index (χ4n) is 2.42. The lowest BCUT2D eigenvalue weighted by Crippen LogP contribution is -2.24. The van der Waals surface area contributed by atoms with Crippen LogP contribution < -0.4 is 9.47 Å². The van der Waals surface area contributed by atoms with Gasteiger partial charge in [-0.1, -0.05) is 12.1 Å². The summed E-state index contributed by atoms with van der Waals surface area (Å²) < 4.78 is 11.8. The Kier molecular flexibility index (Phi) is 3.37. The number of carbonyl (C=O) groups is 1. The third-order valence-electron chi connectivity index (χ3n) is 3.30. The Hall–Kier alpha value is -2.01. The van der Waals surface area contributed by atoms with Gasteiger partial charge in [0.2, 0.25) is 0 Å². The van der Waals surface area contributed by atoms with Crippen LogP contribution in [0.15, 0.2) is 30.3 Å². The maximum Gasteiger partial charge on any atom is 0.345 e. The molecule has 2 heterocycles. The van der Waals surface area contributed by atoms with E-state index >= 15 is 0 Å². The van der Waals surface area contributed by atoms with Crippen LogP contribution in [-0.4, -0.2) is 16.7 Å². The molecule has 21 heavy (non-hydrogen) atoms. The quantitative estimate of drug-likeness (QED) is 0.935. The smallest absolute Gasteiger partial charge is 0.345 e. The van der Waals surface area contributed by atoms with Crippen molar-refractivity contribution in [1.29, 1.82) is 0 Å². The molecule has 0 atom stereocenters. The van der Waals surface area contributed by atoms with Gasteiger partial charge in [0.25, 0.3) is 0 Å². The van der Waals surface area contributed by atoms with Crippen molar-refractivity contribution in [3.8, 4) is 11.5 Å². The van der Waals surface area contributed by atoms with Crippen molar-refractivity contribution in [2.24, 2.45) is 0 Å². The average Bonchev–Trinajstić information content (AvgIpc) is 2.98.